The number of phenols is 2. The monoisotopic (exact) mass is 354 g/mol. The molecule has 0 amide bonds. The van der Waals surface area contributed by atoms with Crippen LogP contribution in [0.4, 0.5) is 0 Å². The van der Waals surface area contributed by atoms with E-state index < -0.39 is 5.97 Å². The lowest BCUT2D eigenvalue weighted by atomic mass is 9.73. The van der Waals surface area contributed by atoms with Gasteiger partial charge in [0.05, 0.1) is 0 Å². The van der Waals surface area contributed by atoms with Gasteiger partial charge in [-0.25, -0.2) is 4.79 Å². The molecule has 0 spiro atoms. The zero-order valence-corrected chi connectivity index (χ0v) is 15.4. The van der Waals surface area contributed by atoms with Gasteiger partial charge in [0, 0.05) is 17.9 Å². The van der Waals surface area contributed by atoms with Gasteiger partial charge in [0.25, 0.3) is 0 Å². The third-order valence-corrected chi connectivity index (χ3v) is 5.09. The van der Waals surface area contributed by atoms with Crippen LogP contribution in [0.15, 0.2) is 29.9 Å². The molecule has 138 valence electrons. The summed E-state index contributed by atoms with van der Waals surface area (Å²) in [7, 11) is 0. The first kappa shape index (κ1) is 19.7. The van der Waals surface area contributed by atoms with Crippen molar-refractivity contribution < 1.29 is 20.1 Å². The predicted octanol–water partition coefficient (Wildman–Crippen LogP) is 4.77. The average Bonchev–Trinajstić information content (AvgIpc) is 2.54. The van der Waals surface area contributed by atoms with Gasteiger partial charge in [0.15, 0.2) is 0 Å². The molecule has 0 bridgehead atoms. The lowest BCUT2D eigenvalue weighted by Crippen LogP contribution is -2.18. The Morgan fingerprint density at radius 1 is 1.42 bits per heavy atom. The maximum absolute atomic E-state index is 11.8. The molecule has 0 aromatic heterocycles. The number of aromatic hydroxyl groups is 2. The molecule has 1 aromatic carbocycles. The number of hydrogen-bond donors (Lipinski definition) is 3. The average molecular weight is 354 g/mol. The number of aromatic carboxylic acids is 1. The second kappa shape index (κ2) is 8.14. The largest absolute Gasteiger partial charge is 0.507 e. The SMILES string of the molecule is C#CCCCc1cc(O)c([C@@H]2C=C(C)CC[C@H]2C(=C)C)c(O)c1C(=O)O. The summed E-state index contributed by atoms with van der Waals surface area (Å²) < 4.78 is 0. The van der Waals surface area contributed by atoms with Crippen LogP contribution in [0.3, 0.4) is 0 Å². The summed E-state index contributed by atoms with van der Waals surface area (Å²) in [6, 6.07) is 1.46. The van der Waals surface area contributed by atoms with Crippen molar-refractivity contribution in [2.24, 2.45) is 5.92 Å². The molecular formula is C22H26O4. The first-order valence-corrected chi connectivity index (χ1v) is 8.85. The van der Waals surface area contributed by atoms with Crippen molar-refractivity contribution in [3.05, 3.63) is 46.6 Å². The summed E-state index contributed by atoms with van der Waals surface area (Å²) >= 11 is 0. The lowest BCUT2D eigenvalue weighted by Gasteiger charge is -2.32. The smallest absolute Gasteiger partial charge is 0.339 e. The molecule has 1 aliphatic carbocycles. The van der Waals surface area contributed by atoms with E-state index in [1.807, 2.05) is 19.9 Å². The number of rotatable bonds is 6. The lowest BCUT2D eigenvalue weighted by molar-refractivity contribution is 0.0692. The molecule has 26 heavy (non-hydrogen) atoms. The van der Waals surface area contributed by atoms with Crippen LogP contribution in [0.2, 0.25) is 0 Å². The highest BCUT2D eigenvalue weighted by Crippen LogP contribution is 2.48. The number of hydrogen-bond acceptors (Lipinski definition) is 3. The minimum Gasteiger partial charge on any atom is -0.507 e. The number of allylic oxidation sites excluding steroid dienone is 3. The number of phenolic OH excluding ortho intramolecular Hbond substituents is 1. The van der Waals surface area contributed by atoms with Gasteiger partial charge in [-0.2, -0.15) is 0 Å². The van der Waals surface area contributed by atoms with E-state index in [0.29, 0.717) is 24.8 Å². The quantitative estimate of drug-likeness (QED) is 0.391. The number of terminal acetylenes is 1. The molecule has 4 heteroatoms. The van der Waals surface area contributed by atoms with Crippen LogP contribution in [0.25, 0.3) is 0 Å². The number of aryl methyl sites for hydroxylation is 1. The number of unbranched alkanes of at least 4 members (excludes halogenated alkanes) is 1. The first-order valence-electron chi connectivity index (χ1n) is 8.85. The molecule has 0 fully saturated rings. The molecule has 3 N–H and O–H groups in total. The molecule has 2 atom stereocenters. The number of carboxylic acids is 1. The summed E-state index contributed by atoms with van der Waals surface area (Å²) in [6.45, 7) is 7.96. The summed E-state index contributed by atoms with van der Waals surface area (Å²) in [5, 5.41) is 31.0. The Morgan fingerprint density at radius 3 is 2.69 bits per heavy atom. The Bertz CT molecular complexity index is 795. The molecule has 0 aliphatic heterocycles. The van der Waals surface area contributed by atoms with Crippen molar-refractivity contribution in [3.63, 3.8) is 0 Å². The maximum Gasteiger partial charge on any atom is 0.339 e. The maximum atomic E-state index is 11.8. The summed E-state index contributed by atoms with van der Waals surface area (Å²) in [5.41, 5.74) is 2.63. The standard InChI is InChI=1S/C22H26O4/c1-5-6-7-8-15-12-18(23)20(21(24)19(15)22(25)26)17-11-14(4)9-10-16(17)13(2)3/h1,11-12,16-17,23-24H,2,6-10H2,3-4H3,(H,25,26)/t16-,17+/m0/s1. The molecule has 0 unspecified atom stereocenters. The molecule has 0 saturated heterocycles. The van der Waals surface area contributed by atoms with E-state index in [2.05, 4.69) is 12.5 Å². The summed E-state index contributed by atoms with van der Waals surface area (Å²) in [6.07, 6.45) is 10.5. The highest BCUT2D eigenvalue weighted by molar-refractivity contribution is 5.94. The van der Waals surface area contributed by atoms with Crippen molar-refractivity contribution in [1.82, 2.24) is 0 Å². The van der Waals surface area contributed by atoms with E-state index >= 15 is 0 Å². The van der Waals surface area contributed by atoms with Gasteiger partial charge in [0.1, 0.15) is 17.1 Å². The van der Waals surface area contributed by atoms with E-state index in [-0.39, 0.29) is 34.5 Å². The number of carbonyl (C=O) groups is 1. The van der Waals surface area contributed by atoms with Gasteiger partial charge in [-0.15, -0.1) is 12.3 Å². The van der Waals surface area contributed by atoms with E-state index in [1.54, 1.807) is 0 Å². The number of benzene rings is 1. The Balaban J connectivity index is 2.60. The van der Waals surface area contributed by atoms with E-state index in [1.165, 1.54) is 6.07 Å². The second-order valence-electron chi connectivity index (χ2n) is 7.09. The second-order valence-corrected chi connectivity index (χ2v) is 7.09. The van der Waals surface area contributed by atoms with E-state index in [0.717, 1.165) is 24.0 Å². The summed E-state index contributed by atoms with van der Waals surface area (Å²) in [5.74, 6) is 0.630. The highest BCUT2D eigenvalue weighted by Gasteiger charge is 2.32. The summed E-state index contributed by atoms with van der Waals surface area (Å²) in [4.78, 5) is 11.8. The molecule has 1 aliphatic rings. The Kier molecular flexibility index (Phi) is 6.15. The van der Waals surface area contributed by atoms with Crippen LogP contribution in [-0.2, 0) is 6.42 Å². The zero-order valence-electron chi connectivity index (χ0n) is 15.4. The third-order valence-electron chi connectivity index (χ3n) is 5.09. The van der Waals surface area contributed by atoms with Crippen molar-refractivity contribution >= 4 is 5.97 Å². The third kappa shape index (κ3) is 3.94. The minimum absolute atomic E-state index is 0.0458. The Morgan fingerprint density at radius 2 is 2.12 bits per heavy atom. The van der Waals surface area contributed by atoms with E-state index in [9.17, 15) is 20.1 Å². The van der Waals surface area contributed by atoms with Gasteiger partial charge in [0.2, 0.25) is 0 Å². The van der Waals surface area contributed by atoms with Crippen LogP contribution in [0.1, 0.15) is 66.9 Å². The fourth-order valence-corrected chi connectivity index (χ4v) is 3.77. The van der Waals surface area contributed by atoms with Gasteiger partial charge in [-0.1, -0.05) is 23.8 Å². The zero-order chi connectivity index (χ0) is 19.4. The Labute approximate surface area is 154 Å². The minimum atomic E-state index is -1.21. The van der Waals surface area contributed by atoms with Crippen molar-refractivity contribution in [2.45, 2.75) is 51.9 Å². The van der Waals surface area contributed by atoms with Crippen LogP contribution >= 0.6 is 0 Å². The molecular weight excluding hydrogens is 328 g/mol. The van der Waals surface area contributed by atoms with Gasteiger partial charge >= 0.3 is 5.97 Å². The molecule has 4 nitrogen and oxygen atoms in total. The molecule has 0 saturated carbocycles. The fraction of sp³-hybridized carbons (Fsp3) is 0.409. The van der Waals surface area contributed by atoms with Crippen molar-refractivity contribution in [3.8, 4) is 23.8 Å². The molecule has 1 aromatic rings. The Hall–Kier alpha value is -2.67. The van der Waals surface area contributed by atoms with Crippen molar-refractivity contribution in [2.75, 3.05) is 0 Å². The van der Waals surface area contributed by atoms with Gasteiger partial charge in [-0.3, -0.25) is 0 Å². The highest BCUT2D eigenvalue weighted by atomic mass is 16.4. The van der Waals surface area contributed by atoms with Crippen molar-refractivity contribution in [1.29, 1.82) is 0 Å². The van der Waals surface area contributed by atoms with Crippen LogP contribution < -0.4 is 0 Å². The molecule has 0 radical (unpaired) electrons. The van der Waals surface area contributed by atoms with Gasteiger partial charge in [-0.05, 0) is 57.1 Å². The topological polar surface area (TPSA) is 77.8 Å². The molecule has 2 rings (SSSR count). The first-order chi connectivity index (χ1) is 12.3. The van der Waals surface area contributed by atoms with Crippen LogP contribution in [-0.4, -0.2) is 21.3 Å². The number of carboxylic acid groups (broad SMARTS) is 1. The van der Waals surface area contributed by atoms with Crippen LogP contribution in [0, 0.1) is 18.3 Å². The molecule has 0 heterocycles. The van der Waals surface area contributed by atoms with Gasteiger partial charge < -0.3 is 15.3 Å². The fourth-order valence-electron chi connectivity index (χ4n) is 3.77. The van der Waals surface area contributed by atoms with Crippen LogP contribution in [0.5, 0.6) is 11.5 Å². The van der Waals surface area contributed by atoms with E-state index in [4.69, 9.17) is 6.42 Å². The predicted molar refractivity (Wildman–Crippen MR) is 103 cm³/mol. The normalized spacial score (nSPS) is 19.5.